The summed E-state index contributed by atoms with van der Waals surface area (Å²) >= 11 is 0. The van der Waals surface area contributed by atoms with Gasteiger partial charge in [-0.2, -0.15) is 0 Å². The van der Waals surface area contributed by atoms with Gasteiger partial charge in [0.2, 0.25) is 0 Å². The van der Waals surface area contributed by atoms with E-state index in [4.69, 9.17) is 15.5 Å². The van der Waals surface area contributed by atoms with Gasteiger partial charge >= 0.3 is 0 Å². The highest BCUT2D eigenvalue weighted by atomic mass is 16.5. The Balaban J connectivity index is 1.61. The Morgan fingerprint density at radius 2 is 2.13 bits per heavy atom. The molecule has 5 rings (SSSR count). The van der Waals surface area contributed by atoms with Crippen molar-refractivity contribution < 1.29 is 9.53 Å². The van der Waals surface area contributed by atoms with Crippen molar-refractivity contribution in [1.82, 2.24) is 14.3 Å². The Hall–Kier alpha value is -3.06. The van der Waals surface area contributed by atoms with Crippen LogP contribution in [0, 0.1) is 5.92 Å². The molecule has 30 heavy (non-hydrogen) atoms. The Labute approximate surface area is 176 Å². The maximum Gasteiger partial charge on any atom is 0.264 e. The van der Waals surface area contributed by atoms with E-state index in [2.05, 4.69) is 16.2 Å². The summed E-state index contributed by atoms with van der Waals surface area (Å²) < 4.78 is 7.70. The van der Waals surface area contributed by atoms with Gasteiger partial charge in [-0.05, 0) is 55.6 Å². The highest BCUT2D eigenvalue weighted by Gasteiger charge is 2.25. The minimum atomic E-state index is -0.0510. The smallest absolute Gasteiger partial charge is 0.264 e. The predicted octanol–water partition coefficient (Wildman–Crippen LogP) is 3.17. The van der Waals surface area contributed by atoms with Crippen LogP contribution in [0.3, 0.4) is 0 Å². The highest BCUT2D eigenvalue weighted by molar-refractivity contribution is 5.98. The summed E-state index contributed by atoms with van der Waals surface area (Å²) in [5, 5.41) is 0. The third kappa shape index (κ3) is 3.29. The number of pyridine rings is 1. The highest BCUT2D eigenvalue weighted by Crippen LogP contribution is 2.37. The molecule has 0 bridgehead atoms. The molecule has 156 valence electrons. The topological polar surface area (TPSA) is 76.1 Å². The summed E-state index contributed by atoms with van der Waals surface area (Å²) in [5.74, 6) is 1.37. The SMILES string of the molecule is CC1CCCN(Cc2c(-c3ccc4c(c3)N(C)C(=O)CO4)nc3ccc(N)cn23)C1. The van der Waals surface area contributed by atoms with E-state index >= 15 is 0 Å². The van der Waals surface area contributed by atoms with Crippen molar-refractivity contribution >= 4 is 22.9 Å². The lowest BCUT2D eigenvalue weighted by Gasteiger charge is -2.31. The summed E-state index contributed by atoms with van der Waals surface area (Å²) in [5.41, 5.74) is 11.5. The first kappa shape index (κ1) is 18.9. The van der Waals surface area contributed by atoms with Crippen LogP contribution in [0.2, 0.25) is 0 Å². The number of benzene rings is 1. The summed E-state index contributed by atoms with van der Waals surface area (Å²) in [4.78, 5) is 21.2. The molecule has 7 nitrogen and oxygen atoms in total. The molecular weight excluding hydrogens is 378 g/mol. The van der Waals surface area contributed by atoms with E-state index in [1.165, 1.54) is 12.8 Å². The number of nitrogens with two attached hydrogens (primary N) is 1. The van der Waals surface area contributed by atoms with Crippen molar-refractivity contribution in [2.45, 2.75) is 26.3 Å². The number of aromatic nitrogens is 2. The molecule has 2 aliphatic heterocycles. The number of hydrogen-bond acceptors (Lipinski definition) is 5. The van der Waals surface area contributed by atoms with Crippen molar-refractivity contribution in [2.75, 3.05) is 37.4 Å². The van der Waals surface area contributed by atoms with E-state index in [0.717, 1.165) is 53.7 Å². The number of nitrogen functional groups attached to an aromatic ring is 1. The second kappa shape index (κ2) is 7.32. The molecule has 0 radical (unpaired) electrons. The van der Waals surface area contributed by atoms with Gasteiger partial charge in [0, 0.05) is 37.6 Å². The Bertz CT molecular complexity index is 1120. The zero-order valence-corrected chi connectivity index (χ0v) is 17.5. The number of anilines is 2. The molecule has 1 unspecified atom stereocenters. The maximum atomic E-state index is 12.1. The van der Waals surface area contributed by atoms with Crippen LogP contribution in [0.15, 0.2) is 36.5 Å². The van der Waals surface area contributed by atoms with Crippen molar-refractivity contribution in [3.8, 4) is 17.0 Å². The monoisotopic (exact) mass is 405 g/mol. The molecule has 0 spiro atoms. The van der Waals surface area contributed by atoms with Gasteiger partial charge in [-0.15, -0.1) is 0 Å². The van der Waals surface area contributed by atoms with Gasteiger partial charge in [0.25, 0.3) is 5.91 Å². The lowest BCUT2D eigenvalue weighted by molar-refractivity contribution is -0.120. The van der Waals surface area contributed by atoms with Crippen molar-refractivity contribution in [3.63, 3.8) is 0 Å². The van der Waals surface area contributed by atoms with Crippen LogP contribution < -0.4 is 15.4 Å². The Morgan fingerprint density at radius 1 is 1.27 bits per heavy atom. The van der Waals surface area contributed by atoms with Gasteiger partial charge < -0.3 is 19.8 Å². The van der Waals surface area contributed by atoms with E-state index in [1.807, 2.05) is 36.5 Å². The quantitative estimate of drug-likeness (QED) is 0.724. The molecule has 0 aliphatic carbocycles. The van der Waals surface area contributed by atoms with Crippen molar-refractivity contribution in [3.05, 3.63) is 42.2 Å². The maximum absolute atomic E-state index is 12.1. The first-order chi connectivity index (χ1) is 14.5. The molecule has 1 aromatic carbocycles. The van der Waals surface area contributed by atoms with Gasteiger partial charge in [0.05, 0.1) is 17.1 Å². The number of rotatable bonds is 3. The van der Waals surface area contributed by atoms with Crippen molar-refractivity contribution in [1.29, 1.82) is 0 Å². The van der Waals surface area contributed by atoms with Gasteiger partial charge in [-0.25, -0.2) is 4.98 Å². The number of carbonyl (C=O) groups is 1. The van der Waals surface area contributed by atoms with Crippen molar-refractivity contribution in [2.24, 2.45) is 5.92 Å². The molecule has 0 saturated carbocycles. The summed E-state index contributed by atoms with van der Waals surface area (Å²) in [6, 6.07) is 9.79. The second-order valence-corrected chi connectivity index (χ2v) is 8.50. The average molecular weight is 406 g/mol. The fourth-order valence-electron chi connectivity index (χ4n) is 4.55. The minimum Gasteiger partial charge on any atom is -0.482 e. The second-order valence-electron chi connectivity index (χ2n) is 8.50. The summed E-state index contributed by atoms with van der Waals surface area (Å²) in [7, 11) is 1.79. The molecule has 4 heterocycles. The number of likely N-dealkylation sites (tertiary alicyclic amines) is 1. The van der Waals surface area contributed by atoms with Gasteiger partial charge in [0.15, 0.2) is 6.61 Å². The van der Waals surface area contributed by atoms with Crippen LogP contribution in [-0.2, 0) is 11.3 Å². The van der Waals surface area contributed by atoms with Crippen LogP contribution in [0.5, 0.6) is 5.75 Å². The fourth-order valence-corrected chi connectivity index (χ4v) is 4.55. The molecule has 1 saturated heterocycles. The zero-order valence-electron chi connectivity index (χ0n) is 17.5. The molecule has 1 atom stereocenters. The lowest BCUT2D eigenvalue weighted by Crippen LogP contribution is -2.35. The third-order valence-corrected chi connectivity index (χ3v) is 6.17. The number of carbonyl (C=O) groups excluding carboxylic acids is 1. The number of nitrogens with zero attached hydrogens (tertiary/aromatic N) is 4. The number of hydrogen-bond donors (Lipinski definition) is 1. The largest absolute Gasteiger partial charge is 0.482 e. The standard InChI is InChI=1S/C23H27N5O2/c1-15-4-3-9-27(11-15)13-19-23(25-21-8-6-17(24)12-28(19)21)16-5-7-20-18(10-16)26(2)22(29)14-30-20/h5-8,10,12,15H,3-4,9,11,13-14,24H2,1-2H3. The number of imidazole rings is 1. The van der Waals surface area contributed by atoms with Crippen LogP contribution in [0.4, 0.5) is 11.4 Å². The molecule has 3 aromatic rings. The number of likely N-dealkylation sites (N-methyl/N-ethyl adjacent to an activating group) is 1. The first-order valence-corrected chi connectivity index (χ1v) is 10.5. The van der Waals surface area contributed by atoms with E-state index in [1.54, 1.807) is 11.9 Å². The summed E-state index contributed by atoms with van der Waals surface area (Å²) in [6.07, 6.45) is 4.46. The minimum absolute atomic E-state index is 0.0510. The molecule has 1 amide bonds. The van der Waals surface area contributed by atoms with E-state index in [0.29, 0.717) is 11.6 Å². The number of ether oxygens (including phenoxy) is 1. The number of fused-ring (bicyclic) bond motifs is 2. The van der Waals surface area contributed by atoms with E-state index < -0.39 is 0 Å². The van der Waals surface area contributed by atoms with Gasteiger partial charge in [-0.3, -0.25) is 9.69 Å². The van der Waals surface area contributed by atoms with Crippen LogP contribution in [0.1, 0.15) is 25.5 Å². The zero-order chi connectivity index (χ0) is 20.8. The average Bonchev–Trinajstić information content (AvgIpc) is 3.08. The normalized spacial score (nSPS) is 19.7. The first-order valence-electron chi connectivity index (χ1n) is 10.5. The molecule has 2 aromatic heterocycles. The van der Waals surface area contributed by atoms with E-state index in [-0.39, 0.29) is 12.5 Å². The predicted molar refractivity (Wildman–Crippen MR) is 118 cm³/mol. The molecule has 2 aliphatic rings. The van der Waals surface area contributed by atoms with Gasteiger partial charge in [0.1, 0.15) is 11.4 Å². The Morgan fingerprint density at radius 3 is 2.97 bits per heavy atom. The molecule has 7 heteroatoms. The molecule has 1 fully saturated rings. The fraction of sp³-hybridized carbons (Fsp3) is 0.391. The third-order valence-electron chi connectivity index (χ3n) is 6.17. The lowest BCUT2D eigenvalue weighted by atomic mass is 10.00. The van der Waals surface area contributed by atoms with Crippen LogP contribution >= 0.6 is 0 Å². The number of amides is 1. The van der Waals surface area contributed by atoms with E-state index in [9.17, 15) is 4.79 Å². The van der Waals surface area contributed by atoms with Crippen LogP contribution in [-0.4, -0.2) is 46.9 Å². The molecular formula is C23H27N5O2. The molecule has 2 N–H and O–H groups in total. The summed E-state index contributed by atoms with van der Waals surface area (Å²) in [6.45, 7) is 5.39. The van der Waals surface area contributed by atoms with Gasteiger partial charge in [-0.1, -0.05) is 6.92 Å². The van der Waals surface area contributed by atoms with Crippen LogP contribution in [0.25, 0.3) is 16.9 Å². The Kier molecular flexibility index (Phi) is 4.62. The number of piperidine rings is 1.